The molecule has 0 bridgehead atoms. The van der Waals surface area contributed by atoms with Crippen LogP contribution in [0, 0.1) is 0 Å². The Morgan fingerprint density at radius 2 is 1.86 bits per heavy atom. The van der Waals surface area contributed by atoms with E-state index in [1.165, 1.54) is 30.4 Å². The van der Waals surface area contributed by atoms with Crippen molar-refractivity contribution in [2.24, 2.45) is 0 Å². The van der Waals surface area contributed by atoms with Gasteiger partial charge in [0.15, 0.2) is 0 Å². The van der Waals surface area contributed by atoms with Crippen molar-refractivity contribution in [3.63, 3.8) is 0 Å². The Kier molecular flexibility index (Phi) is 2.83. The maximum atomic E-state index is 2.32. The molecule has 1 aliphatic rings. The largest absolute Gasteiger partial charge is 0.0775 e. The molecule has 2 rings (SSSR count). The van der Waals surface area contributed by atoms with Crippen LogP contribution in [0.4, 0.5) is 0 Å². The number of aryl methyl sites for hydroxylation is 1. The third kappa shape index (κ3) is 2.35. The van der Waals surface area contributed by atoms with Gasteiger partial charge in [-0.15, -0.1) is 0 Å². The van der Waals surface area contributed by atoms with Crippen molar-refractivity contribution in [3.05, 3.63) is 59.2 Å². The number of allylic oxidation sites excluding steroid dienone is 4. The van der Waals surface area contributed by atoms with E-state index in [1.807, 2.05) is 0 Å². The van der Waals surface area contributed by atoms with Gasteiger partial charge in [-0.3, -0.25) is 0 Å². The molecule has 0 fully saturated rings. The monoisotopic (exact) mass is 184 g/mol. The van der Waals surface area contributed by atoms with Crippen LogP contribution in [0.25, 0.3) is 0 Å². The summed E-state index contributed by atoms with van der Waals surface area (Å²) in [4.78, 5) is 0. The third-order valence-corrected chi connectivity index (χ3v) is 2.70. The van der Waals surface area contributed by atoms with Crippen LogP contribution in [0.1, 0.15) is 25.3 Å². The van der Waals surface area contributed by atoms with Gasteiger partial charge >= 0.3 is 0 Å². The molecule has 0 saturated heterocycles. The fourth-order valence-electron chi connectivity index (χ4n) is 1.86. The first-order valence-electron chi connectivity index (χ1n) is 5.25. The Labute approximate surface area is 86.0 Å². The van der Waals surface area contributed by atoms with Crippen molar-refractivity contribution in [1.29, 1.82) is 0 Å². The molecule has 0 spiro atoms. The minimum atomic E-state index is 1.17. The average molecular weight is 184 g/mol. The highest BCUT2D eigenvalue weighted by Crippen LogP contribution is 2.21. The number of hydrogen-bond donors (Lipinski definition) is 0. The molecule has 0 unspecified atom stereocenters. The molecule has 0 radical (unpaired) electrons. The lowest BCUT2D eigenvalue weighted by Gasteiger charge is -2.01. The molecule has 1 aliphatic carbocycles. The molecule has 0 heteroatoms. The van der Waals surface area contributed by atoms with E-state index in [-0.39, 0.29) is 0 Å². The van der Waals surface area contributed by atoms with Crippen molar-refractivity contribution < 1.29 is 0 Å². The molecule has 0 aromatic heterocycles. The first-order valence-corrected chi connectivity index (χ1v) is 5.25. The molecule has 0 nitrogen and oxygen atoms in total. The van der Waals surface area contributed by atoms with Crippen LogP contribution in [0.5, 0.6) is 0 Å². The molecule has 1 aromatic rings. The number of rotatable bonds is 3. The fourth-order valence-corrected chi connectivity index (χ4v) is 1.86. The van der Waals surface area contributed by atoms with E-state index in [0.717, 1.165) is 0 Å². The normalized spacial score (nSPS) is 15.2. The Bertz CT molecular complexity index is 355. The first-order chi connectivity index (χ1) is 6.84. The predicted molar refractivity (Wildman–Crippen MR) is 61.2 cm³/mol. The van der Waals surface area contributed by atoms with Crippen molar-refractivity contribution in [1.82, 2.24) is 0 Å². The Balaban J connectivity index is 1.87. The maximum absolute atomic E-state index is 2.32. The van der Waals surface area contributed by atoms with Gasteiger partial charge in [0.1, 0.15) is 0 Å². The van der Waals surface area contributed by atoms with Gasteiger partial charge in [0.05, 0.1) is 0 Å². The smallest absolute Gasteiger partial charge is 0.0130 e. The number of hydrogen-bond acceptors (Lipinski definition) is 0. The zero-order valence-corrected chi connectivity index (χ0v) is 8.66. The summed E-state index contributed by atoms with van der Waals surface area (Å²) < 4.78 is 0. The van der Waals surface area contributed by atoms with Crippen LogP contribution in [0.15, 0.2) is 53.6 Å². The Hall–Kier alpha value is -1.30. The van der Waals surface area contributed by atoms with Crippen LogP contribution in [-0.4, -0.2) is 0 Å². The van der Waals surface area contributed by atoms with Gasteiger partial charge in [-0.1, -0.05) is 53.6 Å². The topological polar surface area (TPSA) is 0 Å². The first kappa shape index (κ1) is 9.26. The van der Waals surface area contributed by atoms with Crippen molar-refractivity contribution in [2.75, 3.05) is 0 Å². The standard InChI is InChI=1S/C14H16/c1-12-7-8-14(11-12)10-9-13-5-3-2-4-6-13/h2-7,11H,8-10H2,1H3. The van der Waals surface area contributed by atoms with Gasteiger partial charge in [-0.25, -0.2) is 0 Å². The lowest BCUT2D eigenvalue weighted by Crippen LogP contribution is -1.86. The molecular weight excluding hydrogens is 168 g/mol. The average Bonchev–Trinajstić information content (AvgIpc) is 2.63. The van der Waals surface area contributed by atoms with E-state index in [2.05, 4.69) is 49.4 Å². The zero-order chi connectivity index (χ0) is 9.80. The lowest BCUT2D eigenvalue weighted by molar-refractivity contribution is 0.919. The van der Waals surface area contributed by atoms with E-state index in [4.69, 9.17) is 0 Å². The molecule has 14 heavy (non-hydrogen) atoms. The highest BCUT2D eigenvalue weighted by Gasteiger charge is 2.03. The second kappa shape index (κ2) is 4.28. The van der Waals surface area contributed by atoms with Crippen LogP contribution in [0.2, 0.25) is 0 Å². The SMILES string of the molecule is CC1=CCC(CCc2ccccc2)=C1. The van der Waals surface area contributed by atoms with E-state index in [0.29, 0.717) is 0 Å². The molecule has 0 amide bonds. The summed E-state index contributed by atoms with van der Waals surface area (Å²) in [6.45, 7) is 2.18. The minimum Gasteiger partial charge on any atom is -0.0775 e. The second-order valence-electron chi connectivity index (χ2n) is 3.94. The number of benzene rings is 1. The summed E-state index contributed by atoms with van der Waals surface area (Å²) >= 11 is 0. The van der Waals surface area contributed by atoms with E-state index < -0.39 is 0 Å². The van der Waals surface area contributed by atoms with E-state index in [1.54, 1.807) is 5.57 Å². The molecule has 0 atom stereocenters. The fraction of sp³-hybridized carbons (Fsp3) is 0.286. The highest BCUT2D eigenvalue weighted by atomic mass is 14.1. The Morgan fingerprint density at radius 1 is 1.07 bits per heavy atom. The predicted octanol–water partition coefficient (Wildman–Crippen LogP) is 3.90. The minimum absolute atomic E-state index is 1.17. The van der Waals surface area contributed by atoms with Gasteiger partial charge in [-0.05, 0) is 31.7 Å². The summed E-state index contributed by atoms with van der Waals surface area (Å²) in [7, 11) is 0. The van der Waals surface area contributed by atoms with Gasteiger partial charge < -0.3 is 0 Å². The summed E-state index contributed by atoms with van der Waals surface area (Å²) in [5.74, 6) is 0. The van der Waals surface area contributed by atoms with Gasteiger partial charge in [-0.2, -0.15) is 0 Å². The van der Waals surface area contributed by atoms with Gasteiger partial charge in [0, 0.05) is 0 Å². The molecular formula is C14H16. The second-order valence-corrected chi connectivity index (χ2v) is 3.94. The van der Waals surface area contributed by atoms with Crippen LogP contribution in [0.3, 0.4) is 0 Å². The summed E-state index contributed by atoms with van der Waals surface area (Å²) in [6, 6.07) is 10.7. The molecule has 0 saturated carbocycles. The van der Waals surface area contributed by atoms with Crippen LogP contribution < -0.4 is 0 Å². The summed E-state index contributed by atoms with van der Waals surface area (Å²) in [6.07, 6.45) is 8.17. The molecule has 0 N–H and O–H groups in total. The molecule has 72 valence electrons. The van der Waals surface area contributed by atoms with E-state index >= 15 is 0 Å². The molecule has 0 aliphatic heterocycles. The summed E-state index contributed by atoms with van der Waals surface area (Å²) in [5, 5.41) is 0. The zero-order valence-electron chi connectivity index (χ0n) is 8.66. The van der Waals surface area contributed by atoms with Crippen molar-refractivity contribution in [3.8, 4) is 0 Å². The van der Waals surface area contributed by atoms with Crippen molar-refractivity contribution >= 4 is 0 Å². The molecule has 0 heterocycles. The van der Waals surface area contributed by atoms with Gasteiger partial charge in [0.25, 0.3) is 0 Å². The van der Waals surface area contributed by atoms with E-state index in [9.17, 15) is 0 Å². The summed E-state index contributed by atoms with van der Waals surface area (Å²) in [5.41, 5.74) is 4.44. The molecule has 1 aromatic carbocycles. The van der Waals surface area contributed by atoms with Crippen LogP contribution in [-0.2, 0) is 6.42 Å². The lowest BCUT2D eigenvalue weighted by atomic mass is 10.0. The quantitative estimate of drug-likeness (QED) is 0.668. The Morgan fingerprint density at radius 3 is 2.50 bits per heavy atom. The van der Waals surface area contributed by atoms with Crippen molar-refractivity contribution in [2.45, 2.75) is 26.2 Å². The van der Waals surface area contributed by atoms with Crippen LogP contribution >= 0.6 is 0 Å². The van der Waals surface area contributed by atoms with Gasteiger partial charge in [0.2, 0.25) is 0 Å². The highest BCUT2D eigenvalue weighted by molar-refractivity contribution is 5.31. The third-order valence-electron chi connectivity index (χ3n) is 2.70. The maximum Gasteiger partial charge on any atom is -0.0130 e.